The lowest BCUT2D eigenvalue weighted by Gasteiger charge is -2.28. The van der Waals surface area contributed by atoms with Crippen LogP contribution in [0.4, 0.5) is 5.69 Å². The van der Waals surface area contributed by atoms with E-state index < -0.39 is 6.04 Å². The van der Waals surface area contributed by atoms with Gasteiger partial charge in [-0.3, -0.25) is 9.59 Å². The van der Waals surface area contributed by atoms with Crippen molar-refractivity contribution in [2.45, 2.75) is 31.8 Å². The van der Waals surface area contributed by atoms with E-state index in [2.05, 4.69) is 56.7 Å². The van der Waals surface area contributed by atoms with Gasteiger partial charge in [-0.25, -0.2) is 0 Å². The number of amides is 2. The van der Waals surface area contributed by atoms with Crippen LogP contribution in [0.3, 0.4) is 0 Å². The van der Waals surface area contributed by atoms with Gasteiger partial charge in [0, 0.05) is 30.3 Å². The van der Waals surface area contributed by atoms with E-state index >= 15 is 0 Å². The van der Waals surface area contributed by atoms with E-state index in [-0.39, 0.29) is 11.8 Å². The zero-order valence-corrected chi connectivity index (χ0v) is 19.8. The lowest BCUT2D eigenvalue weighted by atomic mass is 9.99. The molecule has 2 N–H and O–H groups in total. The maximum Gasteiger partial charge on any atom is 0.253 e. The molecule has 1 heterocycles. The van der Waals surface area contributed by atoms with Crippen LogP contribution in [0, 0.1) is 0 Å². The Hall–Kier alpha value is -1.99. The highest BCUT2D eigenvalue weighted by Crippen LogP contribution is 2.26. The molecular formula is C23H28BrN3O2S. The van der Waals surface area contributed by atoms with Gasteiger partial charge in [-0.05, 0) is 76.5 Å². The van der Waals surface area contributed by atoms with E-state index in [1.165, 1.54) is 11.3 Å². The van der Waals surface area contributed by atoms with Gasteiger partial charge >= 0.3 is 0 Å². The van der Waals surface area contributed by atoms with Crippen LogP contribution >= 0.6 is 27.7 Å². The van der Waals surface area contributed by atoms with Gasteiger partial charge in [0.2, 0.25) is 5.91 Å². The van der Waals surface area contributed by atoms with Crippen molar-refractivity contribution in [2.24, 2.45) is 0 Å². The minimum absolute atomic E-state index is 0.153. The molecule has 2 amide bonds. The number of carbonyl (C=O) groups is 2. The molecule has 30 heavy (non-hydrogen) atoms. The van der Waals surface area contributed by atoms with Crippen molar-refractivity contribution in [3.8, 4) is 0 Å². The third-order valence-corrected chi connectivity index (χ3v) is 6.65. The number of aryl methyl sites for hydroxylation is 1. The topological polar surface area (TPSA) is 61.4 Å². The van der Waals surface area contributed by atoms with Crippen molar-refractivity contribution in [1.29, 1.82) is 0 Å². The highest BCUT2D eigenvalue weighted by Gasteiger charge is 2.22. The van der Waals surface area contributed by atoms with Crippen molar-refractivity contribution in [1.82, 2.24) is 10.6 Å². The fraction of sp³-hybridized carbons (Fsp3) is 0.391. The number of hydrogen-bond acceptors (Lipinski definition) is 4. The van der Waals surface area contributed by atoms with Crippen LogP contribution < -0.4 is 15.5 Å². The summed E-state index contributed by atoms with van der Waals surface area (Å²) >= 11 is 5.06. The summed E-state index contributed by atoms with van der Waals surface area (Å²) in [5.74, 6) is 0.388. The number of halogens is 1. The zero-order valence-electron chi connectivity index (χ0n) is 17.4. The number of hydrogen-bond donors (Lipinski definition) is 2. The fourth-order valence-electron chi connectivity index (χ4n) is 3.65. The quantitative estimate of drug-likeness (QED) is 0.588. The molecule has 1 unspecified atom stereocenters. The molecule has 3 rings (SSSR count). The first-order valence-electron chi connectivity index (χ1n) is 10.1. The summed E-state index contributed by atoms with van der Waals surface area (Å²) in [5, 5.41) is 5.91. The average Bonchev–Trinajstić information content (AvgIpc) is 2.75. The molecule has 0 spiro atoms. The Morgan fingerprint density at radius 2 is 2.03 bits per heavy atom. The minimum atomic E-state index is -0.569. The van der Waals surface area contributed by atoms with Gasteiger partial charge in [0.15, 0.2) is 0 Å². The lowest BCUT2D eigenvalue weighted by molar-refractivity contribution is -0.123. The number of rotatable bonds is 8. The van der Waals surface area contributed by atoms with Crippen LogP contribution in [0.25, 0.3) is 0 Å². The Balaban J connectivity index is 1.64. The molecule has 0 bridgehead atoms. The molecular weight excluding hydrogens is 462 g/mol. The number of benzene rings is 2. The number of carbonyl (C=O) groups excluding carboxylic acids is 2. The maximum atomic E-state index is 12.9. The number of nitrogens with one attached hydrogen (secondary N) is 2. The van der Waals surface area contributed by atoms with Gasteiger partial charge < -0.3 is 15.5 Å². The van der Waals surface area contributed by atoms with Gasteiger partial charge in [0.25, 0.3) is 5.91 Å². The summed E-state index contributed by atoms with van der Waals surface area (Å²) in [6.07, 6.45) is 4.80. The molecule has 1 aliphatic rings. The normalized spacial score (nSPS) is 14.0. The van der Waals surface area contributed by atoms with Gasteiger partial charge in [-0.2, -0.15) is 11.8 Å². The second-order valence-electron chi connectivity index (χ2n) is 7.49. The highest BCUT2D eigenvalue weighted by atomic mass is 79.9. The Morgan fingerprint density at radius 1 is 1.23 bits per heavy atom. The Kier molecular flexibility index (Phi) is 8.22. The molecule has 7 heteroatoms. The van der Waals surface area contributed by atoms with Gasteiger partial charge in [0.1, 0.15) is 6.04 Å². The summed E-state index contributed by atoms with van der Waals surface area (Å²) in [6.45, 7) is 1.54. The van der Waals surface area contributed by atoms with E-state index in [0.29, 0.717) is 23.0 Å². The molecule has 2 aromatic rings. The van der Waals surface area contributed by atoms with E-state index in [1.54, 1.807) is 17.8 Å². The molecule has 1 atom stereocenters. The van der Waals surface area contributed by atoms with E-state index in [0.717, 1.165) is 30.7 Å². The van der Waals surface area contributed by atoms with Crippen LogP contribution in [0.5, 0.6) is 0 Å². The predicted molar refractivity (Wildman–Crippen MR) is 128 cm³/mol. The van der Waals surface area contributed by atoms with Crippen molar-refractivity contribution in [2.75, 3.05) is 30.5 Å². The second-order valence-corrected chi connectivity index (χ2v) is 9.33. The summed E-state index contributed by atoms with van der Waals surface area (Å²) in [5.41, 5.74) is 4.21. The number of anilines is 1. The summed E-state index contributed by atoms with van der Waals surface area (Å²) < 4.78 is 0.713. The van der Waals surface area contributed by atoms with Crippen LogP contribution in [0.1, 0.15) is 34.3 Å². The number of fused-ring (bicyclic) bond motifs is 1. The fourth-order valence-corrected chi connectivity index (χ4v) is 4.58. The maximum absolute atomic E-state index is 12.9. The molecule has 0 radical (unpaired) electrons. The number of thioether (sulfide) groups is 1. The minimum Gasteiger partial charge on any atom is -0.374 e. The van der Waals surface area contributed by atoms with Gasteiger partial charge in [-0.15, -0.1) is 0 Å². The molecule has 5 nitrogen and oxygen atoms in total. The first-order chi connectivity index (χ1) is 14.5. The molecule has 160 valence electrons. The summed E-state index contributed by atoms with van der Waals surface area (Å²) in [7, 11) is 2.11. The molecule has 0 fully saturated rings. The zero-order chi connectivity index (χ0) is 21.5. The largest absolute Gasteiger partial charge is 0.374 e. The molecule has 2 aromatic carbocycles. The summed E-state index contributed by atoms with van der Waals surface area (Å²) in [6, 6.07) is 13.0. The summed E-state index contributed by atoms with van der Waals surface area (Å²) in [4.78, 5) is 27.8. The predicted octanol–water partition coefficient (Wildman–Crippen LogP) is 4.00. The number of nitrogens with zero attached hydrogens (tertiary/aromatic N) is 1. The van der Waals surface area contributed by atoms with Crippen molar-refractivity contribution >= 4 is 45.2 Å². The van der Waals surface area contributed by atoms with Crippen LogP contribution in [0.2, 0.25) is 0 Å². The third kappa shape index (κ3) is 5.79. The monoisotopic (exact) mass is 489 g/mol. The van der Waals surface area contributed by atoms with Crippen molar-refractivity contribution in [3.63, 3.8) is 0 Å². The standard InChI is InChI=1S/C23H28BrN3O2S/c1-27-12-5-6-17-14-16(9-10-21(17)27)15-25-23(29)20(11-13-30-2)26-22(28)18-7-3-4-8-19(18)24/h3-4,7-10,14,20H,5-6,11-13,15H2,1-2H3,(H,25,29)(H,26,28). The van der Waals surface area contributed by atoms with Crippen molar-refractivity contribution in [3.05, 3.63) is 63.6 Å². The Bertz CT molecular complexity index is 906. The smallest absolute Gasteiger partial charge is 0.253 e. The second kappa shape index (κ2) is 10.9. The average molecular weight is 490 g/mol. The van der Waals surface area contributed by atoms with Gasteiger partial charge in [-0.1, -0.05) is 24.3 Å². The van der Waals surface area contributed by atoms with Crippen LogP contribution in [-0.2, 0) is 17.8 Å². The van der Waals surface area contributed by atoms with E-state index in [9.17, 15) is 9.59 Å². The third-order valence-electron chi connectivity index (χ3n) is 5.31. The van der Waals surface area contributed by atoms with E-state index in [1.807, 2.05) is 24.5 Å². The first-order valence-corrected chi connectivity index (χ1v) is 12.3. The van der Waals surface area contributed by atoms with Gasteiger partial charge in [0.05, 0.1) is 5.56 Å². The molecule has 0 aliphatic carbocycles. The molecule has 0 aromatic heterocycles. The van der Waals surface area contributed by atoms with Crippen molar-refractivity contribution < 1.29 is 9.59 Å². The molecule has 0 saturated heterocycles. The molecule has 1 aliphatic heterocycles. The van der Waals surface area contributed by atoms with E-state index in [4.69, 9.17) is 0 Å². The SMILES string of the molecule is CSCCC(NC(=O)c1ccccc1Br)C(=O)NCc1ccc2c(c1)CCCN2C. The molecule has 0 saturated carbocycles. The Morgan fingerprint density at radius 3 is 2.80 bits per heavy atom. The van der Waals surface area contributed by atoms with Crippen LogP contribution in [0.15, 0.2) is 46.9 Å². The highest BCUT2D eigenvalue weighted by molar-refractivity contribution is 9.10. The van der Waals surface area contributed by atoms with Crippen LogP contribution in [-0.4, -0.2) is 43.5 Å². The first kappa shape index (κ1) is 22.7. The Labute approximate surface area is 191 Å². The lowest BCUT2D eigenvalue weighted by Crippen LogP contribution is -2.47.